The number of anilines is 1. The van der Waals surface area contributed by atoms with Crippen LogP contribution in [0.15, 0.2) is 16.6 Å². The van der Waals surface area contributed by atoms with Crippen molar-refractivity contribution in [3.8, 4) is 0 Å². The number of alkyl halides is 1. The second-order valence-electron chi connectivity index (χ2n) is 2.38. The number of rotatable bonds is 2. The average Bonchev–Trinajstić information content (AvgIpc) is 2.12. The number of carbonyl (C=O) groups excluding carboxylic acids is 1. The van der Waals surface area contributed by atoms with Crippen molar-refractivity contribution < 1.29 is 9.18 Å². The smallest absolute Gasteiger partial charge is 0.180 e. The van der Waals surface area contributed by atoms with Gasteiger partial charge in [0.25, 0.3) is 0 Å². The molecule has 1 aromatic rings. The maximum Gasteiger partial charge on any atom is 0.180 e. The minimum Gasteiger partial charge on any atom is -0.398 e. The molecule has 0 aliphatic heterocycles. The van der Waals surface area contributed by atoms with Gasteiger partial charge in [-0.05, 0) is 28.1 Å². The average molecular weight is 266 g/mol. The zero-order valence-corrected chi connectivity index (χ0v) is 8.82. The van der Waals surface area contributed by atoms with Crippen LogP contribution < -0.4 is 5.73 Å². The van der Waals surface area contributed by atoms with Gasteiger partial charge in [0.2, 0.25) is 0 Å². The zero-order chi connectivity index (χ0) is 10.0. The third kappa shape index (κ3) is 2.00. The van der Waals surface area contributed by atoms with E-state index in [0.717, 1.165) is 0 Å². The number of benzene rings is 1. The molecule has 0 bridgehead atoms. The molecule has 0 atom stereocenters. The molecule has 0 fully saturated rings. The molecule has 13 heavy (non-hydrogen) atoms. The Morgan fingerprint density at radius 3 is 2.77 bits per heavy atom. The fraction of sp³-hybridized carbons (Fsp3) is 0.125. The predicted octanol–water partition coefficient (Wildman–Crippen LogP) is 2.59. The van der Waals surface area contributed by atoms with Crippen molar-refractivity contribution in [1.82, 2.24) is 0 Å². The first-order valence-electron chi connectivity index (χ1n) is 3.40. The van der Waals surface area contributed by atoms with Crippen molar-refractivity contribution in [2.45, 2.75) is 0 Å². The topological polar surface area (TPSA) is 43.1 Å². The third-order valence-electron chi connectivity index (χ3n) is 1.53. The van der Waals surface area contributed by atoms with E-state index < -0.39 is 11.6 Å². The number of nitrogen functional groups attached to an aromatic ring is 1. The SMILES string of the molecule is Nc1ccc(F)c(Br)c1C(=O)CCl. The molecule has 0 aromatic heterocycles. The van der Waals surface area contributed by atoms with Gasteiger partial charge < -0.3 is 5.73 Å². The van der Waals surface area contributed by atoms with E-state index in [2.05, 4.69) is 15.9 Å². The molecule has 0 unspecified atom stereocenters. The number of hydrogen-bond acceptors (Lipinski definition) is 2. The van der Waals surface area contributed by atoms with Crippen molar-refractivity contribution in [2.24, 2.45) is 0 Å². The highest BCUT2D eigenvalue weighted by Crippen LogP contribution is 2.26. The fourth-order valence-corrected chi connectivity index (χ4v) is 1.63. The molecule has 0 saturated carbocycles. The van der Waals surface area contributed by atoms with Crippen LogP contribution in [0.25, 0.3) is 0 Å². The zero-order valence-electron chi connectivity index (χ0n) is 6.48. The fourth-order valence-electron chi connectivity index (χ4n) is 0.916. The molecular formula is C8H6BrClFNO. The Balaban J connectivity index is 3.33. The molecule has 0 aliphatic rings. The number of carbonyl (C=O) groups is 1. The summed E-state index contributed by atoms with van der Waals surface area (Å²) in [6.07, 6.45) is 0. The Labute approximate surface area is 88.0 Å². The van der Waals surface area contributed by atoms with E-state index in [9.17, 15) is 9.18 Å². The van der Waals surface area contributed by atoms with E-state index in [1.54, 1.807) is 0 Å². The van der Waals surface area contributed by atoms with Gasteiger partial charge in [-0.3, -0.25) is 4.79 Å². The normalized spacial score (nSPS) is 10.1. The van der Waals surface area contributed by atoms with E-state index in [0.29, 0.717) is 0 Å². The molecule has 0 aliphatic carbocycles. The summed E-state index contributed by atoms with van der Waals surface area (Å²) in [6, 6.07) is 2.52. The number of halogens is 3. The molecule has 70 valence electrons. The summed E-state index contributed by atoms with van der Waals surface area (Å²) < 4.78 is 13.0. The monoisotopic (exact) mass is 265 g/mol. The van der Waals surface area contributed by atoms with Crippen molar-refractivity contribution in [3.63, 3.8) is 0 Å². The third-order valence-corrected chi connectivity index (χ3v) is 2.55. The van der Waals surface area contributed by atoms with E-state index in [1.807, 2.05) is 0 Å². The Bertz CT molecular complexity index is 356. The summed E-state index contributed by atoms with van der Waals surface area (Å²) in [5.41, 5.74) is 5.82. The lowest BCUT2D eigenvalue weighted by atomic mass is 10.1. The first-order chi connectivity index (χ1) is 6.07. The van der Waals surface area contributed by atoms with Crippen molar-refractivity contribution in [3.05, 3.63) is 28.0 Å². The highest BCUT2D eigenvalue weighted by Gasteiger charge is 2.15. The maximum atomic E-state index is 13.0. The van der Waals surface area contributed by atoms with Gasteiger partial charge in [0.1, 0.15) is 5.82 Å². The second-order valence-corrected chi connectivity index (χ2v) is 3.44. The minimum absolute atomic E-state index is 0.0677. The van der Waals surface area contributed by atoms with Crippen LogP contribution >= 0.6 is 27.5 Å². The Kier molecular flexibility index (Phi) is 3.27. The largest absolute Gasteiger partial charge is 0.398 e. The number of ketones is 1. The maximum absolute atomic E-state index is 13.0. The molecule has 0 heterocycles. The van der Waals surface area contributed by atoms with E-state index in [-0.39, 0.29) is 21.6 Å². The Morgan fingerprint density at radius 2 is 2.23 bits per heavy atom. The summed E-state index contributed by atoms with van der Waals surface area (Å²) >= 11 is 8.27. The van der Waals surface area contributed by atoms with Crippen molar-refractivity contribution in [2.75, 3.05) is 11.6 Å². The lowest BCUT2D eigenvalue weighted by molar-refractivity contribution is 0.102. The highest BCUT2D eigenvalue weighted by atomic mass is 79.9. The lowest BCUT2D eigenvalue weighted by Crippen LogP contribution is -2.07. The molecule has 5 heteroatoms. The Morgan fingerprint density at radius 1 is 1.62 bits per heavy atom. The van der Waals surface area contributed by atoms with Gasteiger partial charge in [0.15, 0.2) is 5.78 Å². The van der Waals surface area contributed by atoms with Gasteiger partial charge in [-0.25, -0.2) is 4.39 Å². The summed E-state index contributed by atoms with van der Waals surface area (Å²) in [5, 5.41) is 0. The van der Waals surface area contributed by atoms with Crippen LogP contribution in [-0.2, 0) is 0 Å². The van der Waals surface area contributed by atoms with Crippen LogP contribution in [-0.4, -0.2) is 11.7 Å². The van der Waals surface area contributed by atoms with E-state index in [4.69, 9.17) is 17.3 Å². The lowest BCUT2D eigenvalue weighted by Gasteiger charge is -2.05. The first-order valence-corrected chi connectivity index (χ1v) is 4.73. The molecular weight excluding hydrogens is 260 g/mol. The molecule has 0 amide bonds. The van der Waals surface area contributed by atoms with Crippen LogP contribution in [0.2, 0.25) is 0 Å². The van der Waals surface area contributed by atoms with Crippen LogP contribution in [0.1, 0.15) is 10.4 Å². The van der Waals surface area contributed by atoms with Gasteiger partial charge in [0, 0.05) is 5.69 Å². The summed E-state index contributed by atoms with van der Waals surface area (Å²) in [4.78, 5) is 11.2. The summed E-state index contributed by atoms with van der Waals surface area (Å²) in [7, 11) is 0. The van der Waals surface area contributed by atoms with Crippen molar-refractivity contribution >= 4 is 39.0 Å². The van der Waals surface area contributed by atoms with Crippen LogP contribution in [0.4, 0.5) is 10.1 Å². The van der Waals surface area contributed by atoms with E-state index >= 15 is 0 Å². The Hall–Kier alpha value is -0.610. The summed E-state index contributed by atoms with van der Waals surface area (Å²) in [5.74, 6) is -1.14. The second kappa shape index (κ2) is 4.07. The van der Waals surface area contributed by atoms with E-state index in [1.165, 1.54) is 12.1 Å². The molecule has 2 N–H and O–H groups in total. The molecule has 0 saturated heterocycles. The summed E-state index contributed by atoms with van der Waals surface area (Å²) in [6.45, 7) is 0. The number of Topliss-reactive ketones (excluding diaryl/α,β-unsaturated/α-hetero) is 1. The molecule has 0 spiro atoms. The van der Waals surface area contributed by atoms with Crippen LogP contribution in [0.5, 0.6) is 0 Å². The molecule has 1 aromatic carbocycles. The number of nitrogens with two attached hydrogens (primary N) is 1. The van der Waals surface area contributed by atoms with Gasteiger partial charge in [-0.15, -0.1) is 11.6 Å². The van der Waals surface area contributed by atoms with Gasteiger partial charge >= 0.3 is 0 Å². The van der Waals surface area contributed by atoms with Crippen molar-refractivity contribution in [1.29, 1.82) is 0 Å². The molecule has 0 radical (unpaired) electrons. The standard InChI is InChI=1S/C8H6BrClFNO/c9-8-4(11)1-2-5(12)7(8)6(13)3-10/h1-2H,3,12H2. The highest BCUT2D eigenvalue weighted by molar-refractivity contribution is 9.10. The number of hydrogen-bond donors (Lipinski definition) is 1. The molecule has 1 rings (SSSR count). The van der Waals surface area contributed by atoms with Gasteiger partial charge in [0.05, 0.1) is 15.9 Å². The van der Waals surface area contributed by atoms with Gasteiger partial charge in [-0.1, -0.05) is 0 Å². The van der Waals surface area contributed by atoms with Gasteiger partial charge in [-0.2, -0.15) is 0 Å². The quantitative estimate of drug-likeness (QED) is 0.508. The van der Waals surface area contributed by atoms with Crippen LogP contribution in [0.3, 0.4) is 0 Å². The minimum atomic E-state index is -0.525. The first kappa shape index (κ1) is 10.5. The predicted molar refractivity (Wildman–Crippen MR) is 53.6 cm³/mol. The van der Waals surface area contributed by atoms with Crippen LogP contribution in [0, 0.1) is 5.82 Å². The molecule has 2 nitrogen and oxygen atoms in total.